The third-order valence-electron chi connectivity index (χ3n) is 2.67. The molecule has 17 heavy (non-hydrogen) atoms. The van der Waals surface area contributed by atoms with Gasteiger partial charge in [0.05, 0.1) is 7.11 Å². The first kappa shape index (κ1) is 14.9. The minimum Gasteiger partial charge on any atom is -0.497 e. The van der Waals surface area contributed by atoms with Crippen LogP contribution in [0.25, 0.3) is 0 Å². The van der Waals surface area contributed by atoms with Crippen molar-refractivity contribution in [2.75, 3.05) is 19.9 Å². The van der Waals surface area contributed by atoms with Crippen LogP contribution in [-0.2, 0) is 6.54 Å². The molecule has 0 amide bonds. The van der Waals surface area contributed by atoms with Crippen molar-refractivity contribution in [1.29, 1.82) is 0 Å². The van der Waals surface area contributed by atoms with Gasteiger partial charge in [0.15, 0.2) is 0 Å². The van der Waals surface area contributed by atoms with Gasteiger partial charge in [0.2, 0.25) is 0 Å². The van der Waals surface area contributed by atoms with E-state index in [1.165, 1.54) is 5.56 Å². The second-order valence-corrected chi connectivity index (χ2v) is 6.89. The van der Waals surface area contributed by atoms with Crippen molar-refractivity contribution in [1.82, 2.24) is 5.32 Å². The van der Waals surface area contributed by atoms with E-state index in [2.05, 4.69) is 47.4 Å². The van der Waals surface area contributed by atoms with Gasteiger partial charge in [0, 0.05) is 22.3 Å². The zero-order valence-corrected chi connectivity index (χ0v) is 13.2. The average molecular weight is 318 g/mol. The predicted molar refractivity (Wildman–Crippen MR) is 80.0 cm³/mol. The molecule has 0 saturated carbocycles. The molecule has 1 aromatic rings. The van der Waals surface area contributed by atoms with Crippen molar-refractivity contribution in [3.05, 3.63) is 28.2 Å². The summed E-state index contributed by atoms with van der Waals surface area (Å²) in [5.74, 6) is 0.897. The Morgan fingerprint density at radius 2 is 2.12 bits per heavy atom. The zero-order chi connectivity index (χ0) is 12.9. The predicted octanol–water partition coefficient (Wildman–Crippen LogP) is 3.69. The number of ether oxygens (including phenoxy) is 1. The minimum atomic E-state index is 0.269. The molecule has 0 saturated heterocycles. The maximum atomic E-state index is 5.23. The largest absolute Gasteiger partial charge is 0.497 e. The van der Waals surface area contributed by atoms with Gasteiger partial charge in [-0.1, -0.05) is 15.9 Å². The average Bonchev–Trinajstić information content (AvgIpc) is 2.31. The summed E-state index contributed by atoms with van der Waals surface area (Å²) in [6.07, 6.45) is 2.14. The molecule has 0 aliphatic heterocycles. The second-order valence-electron chi connectivity index (χ2n) is 4.52. The van der Waals surface area contributed by atoms with Crippen molar-refractivity contribution in [3.63, 3.8) is 0 Å². The summed E-state index contributed by atoms with van der Waals surface area (Å²) >= 11 is 5.43. The number of hydrogen-bond donors (Lipinski definition) is 1. The molecule has 0 radical (unpaired) electrons. The first-order valence-corrected chi connectivity index (χ1v) is 7.58. The van der Waals surface area contributed by atoms with Crippen LogP contribution in [-0.4, -0.2) is 24.7 Å². The molecule has 2 nitrogen and oxygen atoms in total. The van der Waals surface area contributed by atoms with Gasteiger partial charge >= 0.3 is 0 Å². The van der Waals surface area contributed by atoms with Crippen LogP contribution in [0, 0.1) is 0 Å². The summed E-state index contributed by atoms with van der Waals surface area (Å²) in [7, 11) is 1.69. The van der Waals surface area contributed by atoms with E-state index in [1.807, 2.05) is 23.9 Å². The molecule has 4 heteroatoms. The van der Waals surface area contributed by atoms with E-state index in [1.54, 1.807) is 7.11 Å². The lowest BCUT2D eigenvalue weighted by Gasteiger charge is -2.22. The van der Waals surface area contributed by atoms with Gasteiger partial charge < -0.3 is 10.1 Å². The minimum absolute atomic E-state index is 0.269. The van der Waals surface area contributed by atoms with Gasteiger partial charge in [-0.25, -0.2) is 0 Å². The molecule has 0 atom stereocenters. The van der Waals surface area contributed by atoms with Crippen LogP contribution in [0.4, 0.5) is 0 Å². The first-order valence-electron chi connectivity index (χ1n) is 5.57. The fraction of sp³-hybridized carbons (Fsp3) is 0.538. The Bertz CT molecular complexity index is 368. The van der Waals surface area contributed by atoms with Crippen molar-refractivity contribution in [3.8, 4) is 5.75 Å². The highest BCUT2D eigenvalue weighted by Gasteiger charge is 2.15. The standard InChI is InChI=1S/C13H20BrNOS/c1-13(2,17-4)9-15-8-10-7-11(16-3)5-6-12(10)14/h5-7,15H,8-9H2,1-4H3. The summed E-state index contributed by atoms with van der Waals surface area (Å²) in [5.41, 5.74) is 1.22. The maximum absolute atomic E-state index is 5.23. The Kier molecular flexibility index (Phi) is 5.83. The number of methoxy groups -OCH3 is 1. The number of halogens is 1. The monoisotopic (exact) mass is 317 g/mol. The maximum Gasteiger partial charge on any atom is 0.119 e. The Morgan fingerprint density at radius 3 is 2.71 bits per heavy atom. The number of hydrogen-bond acceptors (Lipinski definition) is 3. The third-order valence-corrected chi connectivity index (χ3v) is 4.69. The van der Waals surface area contributed by atoms with Crippen LogP contribution >= 0.6 is 27.7 Å². The molecule has 0 spiro atoms. The molecule has 1 aromatic carbocycles. The second kappa shape index (κ2) is 6.66. The van der Waals surface area contributed by atoms with E-state index in [4.69, 9.17) is 4.74 Å². The van der Waals surface area contributed by atoms with Gasteiger partial charge in [-0.2, -0.15) is 11.8 Å². The van der Waals surface area contributed by atoms with Gasteiger partial charge in [0.25, 0.3) is 0 Å². The summed E-state index contributed by atoms with van der Waals surface area (Å²) < 4.78 is 6.61. The number of nitrogens with one attached hydrogen (secondary N) is 1. The molecule has 0 fully saturated rings. The summed E-state index contributed by atoms with van der Waals surface area (Å²) in [5, 5.41) is 3.48. The topological polar surface area (TPSA) is 21.3 Å². The summed E-state index contributed by atoms with van der Waals surface area (Å²) in [6, 6.07) is 6.04. The van der Waals surface area contributed by atoms with Crippen LogP contribution in [0.2, 0.25) is 0 Å². The molecule has 0 aliphatic rings. The third kappa shape index (κ3) is 4.90. The van der Waals surface area contributed by atoms with E-state index in [-0.39, 0.29) is 4.75 Å². The lowest BCUT2D eigenvalue weighted by atomic mass is 10.2. The van der Waals surface area contributed by atoms with Crippen molar-refractivity contribution < 1.29 is 4.74 Å². The summed E-state index contributed by atoms with van der Waals surface area (Å²) in [6.45, 7) is 6.32. The normalized spacial score (nSPS) is 11.6. The Morgan fingerprint density at radius 1 is 1.41 bits per heavy atom. The number of benzene rings is 1. The molecule has 0 unspecified atom stereocenters. The Hall–Kier alpha value is -0.190. The van der Waals surface area contributed by atoms with Crippen molar-refractivity contribution in [2.45, 2.75) is 25.1 Å². The molecular weight excluding hydrogens is 298 g/mol. The smallest absolute Gasteiger partial charge is 0.119 e. The van der Waals surface area contributed by atoms with E-state index < -0.39 is 0 Å². The molecule has 1 N–H and O–H groups in total. The van der Waals surface area contributed by atoms with Gasteiger partial charge in [-0.3, -0.25) is 0 Å². The summed E-state index contributed by atoms with van der Waals surface area (Å²) in [4.78, 5) is 0. The van der Waals surface area contributed by atoms with Gasteiger partial charge in [-0.05, 0) is 43.9 Å². The molecule has 96 valence electrons. The fourth-order valence-corrected chi connectivity index (χ4v) is 2.02. The van der Waals surface area contributed by atoms with Crippen LogP contribution in [0.15, 0.2) is 22.7 Å². The Balaban J connectivity index is 2.57. The first-order chi connectivity index (χ1) is 7.98. The fourth-order valence-electron chi connectivity index (χ4n) is 1.38. The van der Waals surface area contributed by atoms with Gasteiger partial charge in [0.1, 0.15) is 5.75 Å². The molecule has 0 heterocycles. The molecule has 0 aromatic heterocycles. The van der Waals surface area contributed by atoms with E-state index in [0.717, 1.165) is 23.3 Å². The molecular formula is C13H20BrNOS. The highest BCUT2D eigenvalue weighted by Crippen LogP contribution is 2.23. The molecule has 1 rings (SSSR count). The van der Waals surface area contributed by atoms with E-state index in [0.29, 0.717) is 0 Å². The lowest BCUT2D eigenvalue weighted by molar-refractivity contribution is 0.414. The van der Waals surface area contributed by atoms with Gasteiger partial charge in [-0.15, -0.1) is 0 Å². The van der Waals surface area contributed by atoms with Crippen molar-refractivity contribution >= 4 is 27.7 Å². The highest BCUT2D eigenvalue weighted by molar-refractivity contribution is 9.10. The molecule has 0 aliphatic carbocycles. The number of thioether (sulfide) groups is 1. The quantitative estimate of drug-likeness (QED) is 0.864. The number of rotatable bonds is 6. The molecule has 0 bridgehead atoms. The SMILES string of the molecule is COc1ccc(Br)c(CNCC(C)(C)SC)c1. The van der Waals surface area contributed by atoms with Crippen molar-refractivity contribution in [2.24, 2.45) is 0 Å². The van der Waals surface area contributed by atoms with Crippen LogP contribution in [0.5, 0.6) is 5.75 Å². The highest BCUT2D eigenvalue weighted by atomic mass is 79.9. The van der Waals surface area contributed by atoms with Crippen LogP contribution in [0.3, 0.4) is 0 Å². The lowest BCUT2D eigenvalue weighted by Crippen LogP contribution is -2.31. The van der Waals surface area contributed by atoms with E-state index >= 15 is 0 Å². The van der Waals surface area contributed by atoms with Crippen LogP contribution < -0.4 is 10.1 Å². The Labute approximate surface area is 117 Å². The van der Waals surface area contributed by atoms with E-state index in [9.17, 15) is 0 Å². The zero-order valence-electron chi connectivity index (χ0n) is 10.8. The van der Waals surface area contributed by atoms with Crippen LogP contribution in [0.1, 0.15) is 19.4 Å².